The summed E-state index contributed by atoms with van der Waals surface area (Å²) in [7, 11) is -2.10. The lowest BCUT2D eigenvalue weighted by atomic mass is 10.0. The monoisotopic (exact) mass is 577 g/mol. The number of benzene rings is 2. The van der Waals surface area contributed by atoms with Gasteiger partial charge in [-0.05, 0) is 72.4 Å². The highest BCUT2D eigenvalue weighted by atomic mass is 28.4. The summed E-state index contributed by atoms with van der Waals surface area (Å²) in [6.45, 7) is 14.2. The third-order valence-electron chi connectivity index (χ3n) is 7.87. The molecule has 4 N–H and O–H groups in total. The van der Waals surface area contributed by atoms with Crippen molar-refractivity contribution in [2.24, 2.45) is 0 Å². The SMILES string of the molecule is C[C@H](Cc1cccc(CC(=O)NCCc2ccccn2)c1)NC[C@@H](O[Si](C)(C)C(C)(C)C)c1ccc(O)c(CO)c1. The van der Waals surface area contributed by atoms with Crippen molar-refractivity contribution in [3.05, 3.63) is 94.8 Å². The molecule has 41 heavy (non-hydrogen) atoms. The molecular weight excluding hydrogens is 530 g/mol. The van der Waals surface area contributed by atoms with E-state index in [0.717, 1.165) is 28.8 Å². The fourth-order valence-corrected chi connectivity index (χ4v) is 5.70. The van der Waals surface area contributed by atoms with Crippen LogP contribution in [0.15, 0.2) is 66.9 Å². The zero-order valence-electron chi connectivity index (χ0n) is 25.4. The van der Waals surface area contributed by atoms with Crippen LogP contribution >= 0.6 is 0 Å². The standard InChI is InChI=1S/C33H47N3O4Si/c1-24(18-25-10-9-11-26(19-25)20-32(39)35-17-15-29-12-7-8-16-34-29)36-22-31(40-41(5,6)33(2,3)4)27-13-14-30(38)28(21-27)23-37/h7-14,16,19,21,24,31,36-38H,15,17-18,20,22-23H2,1-6H3,(H,35,39)/t24-,31-/m1/s1. The summed E-state index contributed by atoms with van der Waals surface area (Å²) in [4.78, 5) is 16.8. The Balaban J connectivity index is 1.59. The highest BCUT2D eigenvalue weighted by molar-refractivity contribution is 6.74. The lowest BCUT2D eigenvalue weighted by Crippen LogP contribution is -2.44. The minimum Gasteiger partial charge on any atom is -0.508 e. The Labute approximate surface area is 246 Å². The molecule has 0 bridgehead atoms. The number of hydrogen-bond donors (Lipinski definition) is 4. The predicted molar refractivity (Wildman–Crippen MR) is 167 cm³/mol. The Hall–Kier alpha value is -3.04. The summed E-state index contributed by atoms with van der Waals surface area (Å²) >= 11 is 0. The second kappa shape index (κ2) is 14.7. The number of phenols is 1. The summed E-state index contributed by atoms with van der Waals surface area (Å²) in [5.74, 6) is 0.0939. The molecule has 0 aliphatic rings. The minimum atomic E-state index is -2.10. The van der Waals surface area contributed by atoms with Crippen molar-refractivity contribution in [2.45, 2.75) is 83.8 Å². The molecule has 222 valence electrons. The van der Waals surface area contributed by atoms with Crippen LogP contribution in [0.1, 0.15) is 61.7 Å². The molecule has 0 saturated carbocycles. The Morgan fingerprint density at radius 2 is 1.80 bits per heavy atom. The summed E-state index contributed by atoms with van der Waals surface area (Å²) in [5.41, 5.74) is 4.56. The van der Waals surface area contributed by atoms with Crippen LogP contribution in [0.25, 0.3) is 0 Å². The molecule has 2 aromatic carbocycles. The van der Waals surface area contributed by atoms with Gasteiger partial charge in [0.1, 0.15) is 5.75 Å². The summed E-state index contributed by atoms with van der Waals surface area (Å²) in [5, 5.41) is 26.5. The van der Waals surface area contributed by atoms with Crippen LogP contribution in [0.4, 0.5) is 0 Å². The maximum absolute atomic E-state index is 12.5. The largest absolute Gasteiger partial charge is 0.508 e. The molecule has 7 nitrogen and oxygen atoms in total. The lowest BCUT2D eigenvalue weighted by Gasteiger charge is -2.40. The molecule has 0 aliphatic heterocycles. The maximum Gasteiger partial charge on any atom is 0.224 e. The molecule has 1 amide bonds. The van der Waals surface area contributed by atoms with Gasteiger partial charge in [0.15, 0.2) is 8.32 Å². The highest BCUT2D eigenvalue weighted by Crippen LogP contribution is 2.40. The van der Waals surface area contributed by atoms with Gasteiger partial charge in [-0.1, -0.05) is 57.2 Å². The van der Waals surface area contributed by atoms with Gasteiger partial charge in [0.05, 0.1) is 19.1 Å². The molecular formula is C33H47N3O4Si. The van der Waals surface area contributed by atoms with Gasteiger partial charge in [-0.25, -0.2) is 0 Å². The average Bonchev–Trinajstić information content (AvgIpc) is 2.91. The maximum atomic E-state index is 12.5. The van der Waals surface area contributed by atoms with Gasteiger partial charge in [-0.3, -0.25) is 9.78 Å². The fourth-order valence-electron chi connectivity index (χ4n) is 4.42. The van der Waals surface area contributed by atoms with Gasteiger partial charge in [0.25, 0.3) is 0 Å². The van der Waals surface area contributed by atoms with Crippen molar-refractivity contribution < 1.29 is 19.4 Å². The van der Waals surface area contributed by atoms with Gasteiger partial charge in [-0.15, -0.1) is 0 Å². The normalized spacial score (nSPS) is 13.5. The smallest absolute Gasteiger partial charge is 0.224 e. The third-order valence-corrected chi connectivity index (χ3v) is 12.4. The van der Waals surface area contributed by atoms with Crippen molar-refractivity contribution in [2.75, 3.05) is 13.1 Å². The Morgan fingerprint density at radius 1 is 1.05 bits per heavy atom. The number of carbonyl (C=O) groups excluding carboxylic acids is 1. The summed E-state index contributed by atoms with van der Waals surface area (Å²) < 4.78 is 6.82. The first-order chi connectivity index (χ1) is 19.4. The zero-order valence-corrected chi connectivity index (χ0v) is 26.4. The van der Waals surface area contributed by atoms with Crippen LogP contribution in [-0.4, -0.2) is 48.6 Å². The van der Waals surface area contributed by atoms with E-state index < -0.39 is 8.32 Å². The number of nitrogens with one attached hydrogen (secondary N) is 2. The van der Waals surface area contributed by atoms with Gasteiger partial charge in [0.2, 0.25) is 5.91 Å². The molecule has 1 heterocycles. The Morgan fingerprint density at radius 3 is 2.49 bits per heavy atom. The van der Waals surface area contributed by atoms with Crippen molar-refractivity contribution in [1.29, 1.82) is 0 Å². The molecule has 0 spiro atoms. The molecule has 3 aromatic rings. The van der Waals surface area contributed by atoms with Crippen molar-refractivity contribution in [3.8, 4) is 5.75 Å². The number of hydrogen-bond acceptors (Lipinski definition) is 6. The van der Waals surface area contributed by atoms with Crippen molar-refractivity contribution in [3.63, 3.8) is 0 Å². The fraction of sp³-hybridized carbons (Fsp3) is 0.455. The zero-order chi connectivity index (χ0) is 30.0. The molecule has 0 unspecified atom stereocenters. The molecule has 3 rings (SSSR count). The molecule has 0 radical (unpaired) electrons. The molecule has 0 aliphatic carbocycles. The number of aliphatic hydroxyl groups excluding tert-OH is 1. The van der Waals surface area contributed by atoms with E-state index in [4.69, 9.17) is 4.43 Å². The van der Waals surface area contributed by atoms with Crippen molar-refractivity contribution >= 4 is 14.2 Å². The van der Waals surface area contributed by atoms with Crippen LogP contribution in [-0.2, 0) is 35.1 Å². The summed E-state index contributed by atoms with van der Waals surface area (Å²) in [6, 6.07) is 19.5. The number of aliphatic hydroxyl groups is 1. The first-order valence-corrected chi connectivity index (χ1v) is 17.4. The molecule has 0 saturated heterocycles. The number of carbonyl (C=O) groups is 1. The van der Waals surface area contributed by atoms with Crippen LogP contribution in [0.3, 0.4) is 0 Å². The van der Waals surface area contributed by atoms with E-state index in [1.165, 1.54) is 0 Å². The second-order valence-corrected chi connectivity index (χ2v) is 17.1. The van der Waals surface area contributed by atoms with Gasteiger partial charge in [0, 0.05) is 43.0 Å². The summed E-state index contributed by atoms with van der Waals surface area (Å²) in [6.07, 6.45) is 3.40. The predicted octanol–water partition coefficient (Wildman–Crippen LogP) is 5.46. The number of nitrogens with zero attached hydrogens (tertiary/aromatic N) is 1. The highest BCUT2D eigenvalue weighted by Gasteiger charge is 2.39. The topological polar surface area (TPSA) is 104 Å². The quantitative estimate of drug-likeness (QED) is 0.190. The van der Waals surface area contributed by atoms with Gasteiger partial charge < -0.3 is 25.3 Å². The molecule has 0 fully saturated rings. The average molecular weight is 578 g/mol. The number of pyridine rings is 1. The molecule has 2 atom stereocenters. The Kier molecular flexibility index (Phi) is 11.7. The van der Waals surface area contributed by atoms with Gasteiger partial charge in [-0.2, -0.15) is 0 Å². The van der Waals surface area contributed by atoms with Crippen LogP contribution in [0, 0.1) is 0 Å². The van der Waals surface area contributed by atoms with Crippen LogP contribution in [0.2, 0.25) is 18.1 Å². The first kappa shape index (κ1) is 32.5. The second-order valence-electron chi connectivity index (χ2n) is 12.3. The third kappa shape index (κ3) is 10.1. The lowest BCUT2D eigenvalue weighted by molar-refractivity contribution is -0.120. The van der Waals surface area contributed by atoms with Crippen LogP contribution < -0.4 is 10.6 Å². The number of aromatic hydroxyl groups is 1. The van der Waals surface area contributed by atoms with Crippen LogP contribution in [0.5, 0.6) is 5.75 Å². The molecule has 8 heteroatoms. The van der Waals surface area contributed by atoms with E-state index in [1.807, 2.05) is 42.5 Å². The Bertz CT molecular complexity index is 1260. The first-order valence-electron chi connectivity index (χ1n) is 14.5. The van der Waals surface area contributed by atoms with E-state index in [9.17, 15) is 15.0 Å². The van der Waals surface area contributed by atoms with E-state index >= 15 is 0 Å². The number of aromatic nitrogens is 1. The van der Waals surface area contributed by atoms with E-state index in [1.54, 1.807) is 12.3 Å². The van der Waals surface area contributed by atoms with E-state index in [0.29, 0.717) is 31.5 Å². The van der Waals surface area contributed by atoms with Crippen molar-refractivity contribution in [1.82, 2.24) is 15.6 Å². The number of rotatable bonds is 14. The minimum absolute atomic E-state index is 0.00558. The number of amides is 1. The van der Waals surface area contributed by atoms with E-state index in [-0.39, 0.29) is 35.4 Å². The molecule has 1 aromatic heterocycles. The van der Waals surface area contributed by atoms with E-state index in [2.05, 4.69) is 68.5 Å². The van der Waals surface area contributed by atoms with Gasteiger partial charge >= 0.3 is 0 Å².